The summed E-state index contributed by atoms with van der Waals surface area (Å²) in [4.78, 5) is 0. The van der Waals surface area contributed by atoms with Crippen LogP contribution in [0.2, 0.25) is 0 Å². The fraction of sp³-hybridized carbons (Fsp3) is 0.900. The molecule has 1 rings (SSSR count). The number of nitrogens with zero attached hydrogens (tertiary/aromatic N) is 1. The average molecular weight is 170 g/mol. The molecule has 1 radical (unpaired) electrons. The summed E-state index contributed by atoms with van der Waals surface area (Å²) in [5.74, 6) is 1.48. The third-order valence-electron chi connectivity index (χ3n) is 2.62. The quantitative estimate of drug-likeness (QED) is 0.604. The molecule has 0 bridgehead atoms. The standard InChI is InChI=1S/C10H20NO/c1-8-6-9(2,3)11(12)10(4,5)7-8/h12H,6-7H2,1-5H3. The Kier molecular flexibility index (Phi) is 2.26. The van der Waals surface area contributed by atoms with Gasteiger partial charge in [-0.15, -0.1) is 0 Å². The van der Waals surface area contributed by atoms with Crippen molar-refractivity contribution in [1.82, 2.24) is 5.06 Å². The molecule has 1 aliphatic heterocycles. The summed E-state index contributed by atoms with van der Waals surface area (Å²) in [6, 6.07) is 0. The number of hydrogen-bond donors (Lipinski definition) is 1. The lowest BCUT2D eigenvalue weighted by molar-refractivity contribution is -0.237. The Hall–Kier alpha value is -0.0800. The molecule has 1 heterocycles. The van der Waals surface area contributed by atoms with E-state index in [1.54, 1.807) is 0 Å². The van der Waals surface area contributed by atoms with Crippen LogP contribution >= 0.6 is 0 Å². The smallest absolute Gasteiger partial charge is 0.0415 e. The first-order valence-corrected chi connectivity index (χ1v) is 4.56. The normalized spacial score (nSPS) is 30.5. The van der Waals surface area contributed by atoms with Gasteiger partial charge in [0.2, 0.25) is 0 Å². The minimum Gasteiger partial charge on any atom is -0.313 e. The molecule has 0 aromatic carbocycles. The molecule has 0 atom stereocenters. The van der Waals surface area contributed by atoms with Crippen molar-refractivity contribution in [3.05, 3.63) is 5.92 Å². The van der Waals surface area contributed by atoms with Crippen molar-refractivity contribution in [3.8, 4) is 0 Å². The molecule has 0 aromatic rings. The Balaban J connectivity index is 2.84. The zero-order valence-electron chi connectivity index (χ0n) is 8.81. The monoisotopic (exact) mass is 170 g/mol. The highest BCUT2D eigenvalue weighted by molar-refractivity contribution is 5.06. The number of piperidine rings is 1. The van der Waals surface area contributed by atoms with Gasteiger partial charge in [-0.2, -0.15) is 5.06 Å². The Labute approximate surface area is 75.5 Å². The number of hydrogen-bond acceptors (Lipinski definition) is 2. The van der Waals surface area contributed by atoms with E-state index in [2.05, 4.69) is 34.6 Å². The molecule has 1 N–H and O–H groups in total. The van der Waals surface area contributed by atoms with Crippen LogP contribution in [0.1, 0.15) is 47.5 Å². The summed E-state index contributed by atoms with van der Waals surface area (Å²) in [5.41, 5.74) is -0.211. The molecule has 0 amide bonds. The molecule has 2 heteroatoms. The van der Waals surface area contributed by atoms with Crippen LogP contribution in [0.5, 0.6) is 0 Å². The summed E-state index contributed by atoms with van der Waals surface area (Å²) < 4.78 is 0. The van der Waals surface area contributed by atoms with E-state index in [4.69, 9.17) is 0 Å². The van der Waals surface area contributed by atoms with E-state index >= 15 is 0 Å². The van der Waals surface area contributed by atoms with Crippen LogP contribution in [0.25, 0.3) is 0 Å². The number of hydroxylamine groups is 2. The van der Waals surface area contributed by atoms with Gasteiger partial charge in [-0.1, -0.05) is 6.92 Å². The number of rotatable bonds is 0. The summed E-state index contributed by atoms with van der Waals surface area (Å²) in [5, 5.41) is 11.4. The van der Waals surface area contributed by atoms with E-state index < -0.39 is 0 Å². The van der Waals surface area contributed by atoms with E-state index in [9.17, 15) is 5.21 Å². The van der Waals surface area contributed by atoms with Gasteiger partial charge in [-0.05, 0) is 46.5 Å². The van der Waals surface area contributed by atoms with E-state index in [0.717, 1.165) is 12.8 Å². The third kappa shape index (κ3) is 1.64. The lowest BCUT2D eigenvalue weighted by atomic mass is 9.76. The van der Waals surface area contributed by atoms with Crippen LogP contribution in [-0.4, -0.2) is 21.3 Å². The Bertz CT molecular complexity index is 157. The van der Waals surface area contributed by atoms with Crippen molar-refractivity contribution in [3.63, 3.8) is 0 Å². The van der Waals surface area contributed by atoms with Crippen LogP contribution < -0.4 is 0 Å². The SMILES string of the molecule is C[C]1CC(C)(C)N(O)C(C)(C)C1. The molecule has 0 saturated carbocycles. The van der Waals surface area contributed by atoms with Crippen molar-refractivity contribution in [1.29, 1.82) is 0 Å². The van der Waals surface area contributed by atoms with Crippen LogP contribution in [0.3, 0.4) is 0 Å². The molecule has 1 fully saturated rings. The highest BCUT2D eigenvalue weighted by atomic mass is 16.5. The van der Waals surface area contributed by atoms with Gasteiger partial charge in [0, 0.05) is 11.1 Å². The van der Waals surface area contributed by atoms with Crippen molar-refractivity contribution in [2.75, 3.05) is 0 Å². The van der Waals surface area contributed by atoms with E-state index in [1.165, 1.54) is 11.0 Å². The second kappa shape index (κ2) is 2.71. The molecule has 0 aliphatic carbocycles. The Morgan fingerprint density at radius 2 is 1.42 bits per heavy atom. The minimum absolute atomic E-state index is 0.105. The van der Waals surface area contributed by atoms with Crippen LogP contribution in [0.15, 0.2) is 0 Å². The summed E-state index contributed by atoms with van der Waals surface area (Å²) in [7, 11) is 0. The minimum atomic E-state index is -0.105. The zero-order valence-corrected chi connectivity index (χ0v) is 8.81. The van der Waals surface area contributed by atoms with Gasteiger partial charge in [-0.25, -0.2) is 0 Å². The topological polar surface area (TPSA) is 23.5 Å². The average Bonchev–Trinajstić information content (AvgIpc) is 1.80. The molecule has 0 spiro atoms. The highest BCUT2D eigenvalue weighted by Crippen LogP contribution is 2.40. The third-order valence-corrected chi connectivity index (χ3v) is 2.62. The van der Waals surface area contributed by atoms with Crippen LogP contribution in [0, 0.1) is 5.92 Å². The van der Waals surface area contributed by atoms with Gasteiger partial charge in [-0.3, -0.25) is 0 Å². The fourth-order valence-corrected chi connectivity index (χ4v) is 2.51. The maximum Gasteiger partial charge on any atom is 0.0415 e. The molecule has 0 aromatic heterocycles. The van der Waals surface area contributed by atoms with E-state index in [0.29, 0.717) is 0 Å². The van der Waals surface area contributed by atoms with Gasteiger partial charge in [0.15, 0.2) is 0 Å². The maximum atomic E-state index is 9.90. The summed E-state index contributed by atoms with van der Waals surface area (Å²) in [6.07, 6.45) is 1.99. The van der Waals surface area contributed by atoms with Gasteiger partial charge >= 0.3 is 0 Å². The Morgan fingerprint density at radius 1 is 1.08 bits per heavy atom. The molecule has 0 unspecified atom stereocenters. The first kappa shape index (κ1) is 10.0. The van der Waals surface area contributed by atoms with Crippen molar-refractivity contribution in [2.24, 2.45) is 0 Å². The fourth-order valence-electron chi connectivity index (χ4n) is 2.51. The first-order chi connectivity index (χ1) is 5.26. The van der Waals surface area contributed by atoms with Crippen LogP contribution in [-0.2, 0) is 0 Å². The van der Waals surface area contributed by atoms with Crippen molar-refractivity contribution < 1.29 is 5.21 Å². The molecule has 12 heavy (non-hydrogen) atoms. The first-order valence-electron chi connectivity index (χ1n) is 4.56. The summed E-state index contributed by atoms with van der Waals surface area (Å²) >= 11 is 0. The molecular weight excluding hydrogens is 150 g/mol. The molecule has 71 valence electrons. The second-order valence-corrected chi connectivity index (χ2v) is 5.25. The predicted octanol–water partition coefficient (Wildman–Crippen LogP) is 2.62. The highest BCUT2D eigenvalue weighted by Gasteiger charge is 2.43. The molecular formula is C10H20NO. The molecule has 2 nitrogen and oxygen atoms in total. The van der Waals surface area contributed by atoms with Gasteiger partial charge < -0.3 is 5.21 Å². The van der Waals surface area contributed by atoms with E-state index in [1.807, 2.05) is 0 Å². The Morgan fingerprint density at radius 3 is 1.75 bits per heavy atom. The molecule has 1 aliphatic rings. The van der Waals surface area contributed by atoms with Crippen molar-refractivity contribution in [2.45, 2.75) is 58.5 Å². The summed E-state index contributed by atoms with van der Waals surface area (Å²) in [6.45, 7) is 10.5. The second-order valence-electron chi connectivity index (χ2n) is 5.25. The lowest BCUT2D eigenvalue weighted by Gasteiger charge is -2.50. The molecule has 1 saturated heterocycles. The largest absolute Gasteiger partial charge is 0.313 e. The lowest BCUT2D eigenvalue weighted by Crippen LogP contribution is -2.58. The predicted molar refractivity (Wildman–Crippen MR) is 49.9 cm³/mol. The van der Waals surface area contributed by atoms with Crippen molar-refractivity contribution >= 4 is 0 Å². The van der Waals surface area contributed by atoms with Gasteiger partial charge in [0.05, 0.1) is 0 Å². The van der Waals surface area contributed by atoms with Gasteiger partial charge in [0.25, 0.3) is 0 Å². The maximum absolute atomic E-state index is 9.90. The zero-order chi connectivity index (χ0) is 9.57. The van der Waals surface area contributed by atoms with E-state index in [-0.39, 0.29) is 11.1 Å². The van der Waals surface area contributed by atoms with Crippen LogP contribution in [0.4, 0.5) is 0 Å². The van der Waals surface area contributed by atoms with Gasteiger partial charge in [0.1, 0.15) is 0 Å².